The molecule has 482 valence electrons. The number of halogens is 2. The Morgan fingerprint density at radius 3 is 1.36 bits per heavy atom. The van der Waals surface area contributed by atoms with E-state index in [4.69, 9.17) is 9.15 Å². The average Bonchev–Trinajstić information content (AvgIpc) is 1.69. The highest BCUT2D eigenvalue weighted by atomic mass is 19.1. The first-order valence-corrected chi connectivity index (χ1v) is 33.2. The van der Waals surface area contributed by atoms with Crippen LogP contribution in [0.4, 0.5) is 35.4 Å². The van der Waals surface area contributed by atoms with Crippen LogP contribution in [0, 0.1) is 11.6 Å². The molecule has 1 aromatic heterocycles. The standard InChI is InChI=1S/C25H31FN4O3.C23H33N3O3.C22H32FN3O/c1-27(2)24(32)30-17-25(20-16-18(26)5-6-21(20)30)9-13-28(14-10-25)19-7-11-29(12-8-19)23(31)22-4-3-15-33-22;1-17(2)29-22(28)25-12-8-19(9-13-25)24-14-10-23(11-15-24)16-26(18(3)27)21-7-5-4-6-20(21)23;1-16(2)24-10-6-19(7-11-24)25-12-8-22(9-13-25)15-26(17(3)27)21-5-4-18(23)14-20(21)22/h3-6,15-16,19H,7-14,17H2,1-2H3;4-7,17,19H,8-16H2,1-3H3;4-5,14,16,19H,6-13,15H2,1-3H3. The quantitative estimate of drug-likeness (QED) is 0.182. The maximum absolute atomic E-state index is 14.2. The number of benzene rings is 3. The molecule has 3 spiro atoms. The fraction of sp³-hybridized carbons (Fsp3) is 0.614. The SMILES string of the molecule is CC(=O)N1CC2(CCN(C3CCN(C(=O)OC(C)C)CC3)CC2)c2ccccc21.CC(=O)N1CC2(CCN(C3CCN(C(C)C)CC3)CC2)c2cc(F)ccc21.CN(C)C(=O)N1CC2(CCN(C3CCN(C(=O)c4ccco4)CC3)CC2)c2cc(F)ccc21. The van der Waals surface area contributed by atoms with Gasteiger partial charge >= 0.3 is 12.1 Å². The Labute approximate surface area is 526 Å². The Hall–Kier alpha value is -6.41. The van der Waals surface area contributed by atoms with Crippen LogP contribution < -0.4 is 14.7 Å². The van der Waals surface area contributed by atoms with E-state index in [1.807, 2.05) is 44.4 Å². The van der Waals surface area contributed by atoms with Gasteiger partial charge in [0.15, 0.2) is 5.76 Å². The molecule has 6 fully saturated rings. The summed E-state index contributed by atoms with van der Waals surface area (Å²) in [5.74, 6) is 0.120. The molecule has 13 rings (SSSR count). The number of furan rings is 1. The number of carbonyl (C=O) groups excluding carboxylic acids is 5. The lowest BCUT2D eigenvalue weighted by atomic mass is 9.74. The molecule has 0 unspecified atom stereocenters. The van der Waals surface area contributed by atoms with Gasteiger partial charge in [0.05, 0.1) is 12.4 Å². The first-order valence-electron chi connectivity index (χ1n) is 33.2. The number of amides is 6. The molecule has 3 aromatic carbocycles. The van der Waals surface area contributed by atoms with E-state index in [1.54, 1.807) is 69.2 Å². The van der Waals surface area contributed by atoms with Crippen molar-refractivity contribution in [1.82, 2.24) is 34.3 Å². The topological polar surface area (TPSA) is 140 Å². The molecule has 6 amide bonds. The molecule has 0 saturated carbocycles. The van der Waals surface area contributed by atoms with Gasteiger partial charge in [-0.3, -0.25) is 19.3 Å². The summed E-state index contributed by atoms with van der Waals surface area (Å²) in [4.78, 5) is 83.1. The van der Waals surface area contributed by atoms with Crippen LogP contribution in [-0.4, -0.2) is 207 Å². The second-order valence-corrected chi connectivity index (χ2v) is 27.8. The summed E-state index contributed by atoms with van der Waals surface area (Å²) < 4.78 is 38.8. The number of urea groups is 1. The number of carbonyl (C=O) groups is 5. The zero-order valence-electron chi connectivity index (χ0n) is 54.1. The first-order chi connectivity index (χ1) is 42.7. The van der Waals surface area contributed by atoms with Crippen LogP contribution in [0.2, 0.25) is 0 Å². The van der Waals surface area contributed by atoms with Gasteiger partial charge in [-0.25, -0.2) is 18.4 Å². The number of hydrogen-bond donors (Lipinski definition) is 0. The van der Waals surface area contributed by atoms with Crippen LogP contribution in [0.1, 0.15) is 146 Å². The van der Waals surface area contributed by atoms with E-state index in [0.717, 1.165) is 164 Å². The highest BCUT2D eigenvalue weighted by molar-refractivity contribution is 5.96. The lowest BCUT2D eigenvalue weighted by Gasteiger charge is -2.45. The number of ether oxygens (including phenoxy) is 1. The normalized spacial score (nSPS) is 22.2. The molecule has 89 heavy (non-hydrogen) atoms. The molecular formula is C70H96F2N10O7. The predicted octanol–water partition coefficient (Wildman–Crippen LogP) is 10.4. The maximum Gasteiger partial charge on any atom is 0.410 e. The molecule has 6 saturated heterocycles. The van der Waals surface area contributed by atoms with E-state index in [-0.39, 0.29) is 63.8 Å². The van der Waals surface area contributed by atoms with E-state index in [1.165, 1.54) is 49.9 Å². The van der Waals surface area contributed by atoms with Crippen LogP contribution >= 0.6 is 0 Å². The Morgan fingerprint density at radius 2 is 0.933 bits per heavy atom. The van der Waals surface area contributed by atoms with Crippen LogP contribution in [0.3, 0.4) is 0 Å². The van der Waals surface area contributed by atoms with Crippen molar-refractivity contribution in [2.24, 2.45) is 0 Å². The van der Waals surface area contributed by atoms with Crippen molar-refractivity contribution in [1.29, 1.82) is 0 Å². The van der Waals surface area contributed by atoms with Crippen molar-refractivity contribution in [3.05, 3.63) is 113 Å². The molecular weight excluding hydrogens is 1130 g/mol. The van der Waals surface area contributed by atoms with Gasteiger partial charge in [-0.15, -0.1) is 0 Å². The highest BCUT2D eigenvalue weighted by Gasteiger charge is 2.50. The van der Waals surface area contributed by atoms with E-state index in [0.29, 0.717) is 43.0 Å². The van der Waals surface area contributed by atoms with Gasteiger partial charge in [0.2, 0.25) is 11.8 Å². The Bertz CT molecular complexity index is 3150. The first kappa shape index (κ1) is 64.1. The van der Waals surface area contributed by atoms with Gasteiger partial charge < -0.3 is 53.3 Å². The summed E-state index contributed by atoms with van der Waals surface area (Å²) in [5, 5.41) is 0. The largest absolute Gasteiger partial charge is 0.459 e. The molecule has 9 aliphatic heterocycles. The number of anilines is 3. The maximum atomic E-state index is 14.2. The number of para-hydroxylation sites is 1. The average molecular weight is 1230 g/mol. The van der Waals surface area contributed by atoms with Gasteiger partial charge in [-0.1, -0.05) is 18.2 Å². The molecule has 10 heterocycles. The Morgan fingerprint density at radius 1 is 0.517 bits per heavy atom. The second kappa shape index (κ2) is 26.8. The van der Waals surface area contributed by atoms with Crippen molar-refractivity contribution < 1.29 is 41.9 Å². The summed E-state index contributed by atoms with van der Waals surface area (Å²) >= 11 is 0. The molecule has 9 aliphatic rings. The molecule has 0 atom stereocenters. The number of fused-ring (bicyclic) bond motifs is 6. The molecule has 4 aromatic rings. The van der Waals surface area contributed by atoms with Crippen molar-refractivity contribution in [2.45, 2.75) is 165 Å². The second-order valence-electron chi connectivity index (χ2n) is 27.8. The third-order valence-corrected chi connectivity index (χ3v) is 21.8. The number of hydrogen-bond acceptors (Lipinski definition) is 11. The van der Waals surface area contributed by atoms with Gasteiger partial charge in [0.1, 0.15) is 11.6 Å². The minimum Gasteiger partial charge on any atom is -0.459 e. The summed E-state index contributed by atoms with van der Waals surface area (Å²) in [6.45, 7) is 25.2. The monoisotopic (exact) mass is 1230 g/mol. The smallest absolute Gasteiger partial charge is 0.410 e. The summed E-state index contributed by atoms with van der Waals surface area (Å²) in [5.41, 5.74) is 6.06. The van der Waals surface area contributed by atoms with Crippen molar-refractivity contribution in [3.63, 3.8) is 0 Å². The summed E-state index contributed by atoms with van der Waals surface area (Å²) in [6.07, 6.45) is 13.7. The predicted molar refractivity (Wildman–Crippen MR) is 343 cm³/mol. The summed E-state index contributed by atoms with van der Waals surface area (Å²) in [6, 6.07) is 23.9. The lowest BCUT2D eigenvalue weighted by molar-refractivity contribution is -0.117. The molecule has 0 aliphatic carbocycles. The summed E-state index contributed by atoms with van der Waals surface area (Å²) in [7, 11) is 3.50. The molecule has 19 heteroatoms. The van der Waals surface area contributed by atoms with E-state index in [2.05, 4.69) is 51.6 Å². The van der Waals surface area contributed by atoms with Gasteiger partial charge in [0, 0.05) is 131 Å². The minimum atomic E-state index is -0.247. The van der Waals surface area contributed by atoms with Gasteiger partial charge in [-0.05, 0) is 228 Å². The van der Waals surface area contributed by atoms with Crippen LogP contribution in [0.25, 0.3) is 0 Å². The van der Waals surface area contributed by atoms with Crippen LogP contribution in [0.5, 0.6) is 0 Å². The zero-order valence-corrected chi connectivity index (χ0v) is 54.1. The molecule has 17 nitrogen and oxygen atoms in total. The van der Waals surface area contributed by atoms with E-state index >= 15 is 0 Å². The minimum absolute atomic E-state index is 0.0358. The van der Waals surface area contributed by atoms with Crippen molar-refractivity contribution in [2.75, 3.05) is 127 Å². The fourth-order valence-electron chi connectivity index (χ4n) is 16.6. The number of piperidine rings is 6. The number of rotatable bonds is 6. The third kappa shape index (κ3) is 13.4. The molecule has 0 radical (unpaired) electrons. The van der Waals surface area contributed by atoms with Gasteiger partial charge in [-0.2, -0.15) is 0 Å². The molecule has 0 bridgehead atoms. The third-order valence-electron chi connectivity index (χ3n) is 21.8. The Kier molecular flexibility index (Phi) is 19.3. The van der Waals surface area contributed by atoms with Crippen LogP contribution in [-0.2, 0) is 30.6 Å². The number of likely N-dealkylation sites (tertiary alicyclic amines) is 6. The van der Waals surface area contributed by atoms with E-state index in [9.17, 15) is 32.8 Å². The van der Waals surface area contributed by atoms with Crippen molar-refractivity contribution in [3.8, 4) is 0 Å². The Balaban J connectivity index is 0.000000138. The molecule has 0 N–H and O–H groups in total. The number of nitrogens with zero attached hydrogens (tertiary/aromatic N) is 10. The highest BCUT2D eigenvalue weighted by Crippen LogP contribution is 2.51. The fourth-order valence-corrected chi connectivity index (χ4v) is 16.6. The van der Waals surface area contributed by atoms with Crippen molar-refractivity contribution >= 4 is 46.9 Å². The van der Waals surface area contributed by atoms with Crippen LogP contribution in [0.15, 0.2) is 83.5 Å². The zero-order chi connectivity index (χ0) is 62.9. The van der Waals surface area contributed by atoms with E-state index < -0.39 is 0 Å². The lowest BCUT2D eigenvalue weighted by Crippen LogP contribution is -2.52. The van der Waals surface area contributed by atoms with Gasteiger partial charge in [0.25, 0.3) is 5.91 Å².